The molecule has 0 spiro atoms. The number of rotatable bonds is 8. The second-order valence-corrected chi connectivity index (χ2v) is 10.8. The number of methoxy groups -OCH3 is 3. The Morgan fingerprint density at radius 3 is 2.08 bits per heavy atom. The molecular formula is C29H39NO6VW-2. The van der Waals surface area contributed by atoms with E-state index in [2.05, 4.69) is 77.7 Å². The van der Waals surface area contributed by atoms with E-state index in [1.807, 2.05) is 20.8 Å². The topological polar surface area (TPSA) is 79.2 Å². The number of carbonyl (C=O) groups excluding carboxylic acids is 1. The van der Waals surface area contributed by atoms with Gasteiger partial charge in [-0.05, 0) is 18.3 Å². The van der Waals surface area contributed by atoms with Crippen LogP contribution in [0.3, 0.4) is 0 Å². The van der Waals surface area contributed by atoms with Gasteiger partial charge in [-0.15, -0.1) is 0 Å². The molecule has 0 saturated heterocycles. The van der Waals surface area contributed by atoms with Gasteiger partial charge in [0.2, 0.25) is 0 Å². The van der Waals surface area contributed by atoms with Gasteiger partial charge in [0.05, 0.1) is 0 Å². The molecule has 0 bridgehead atoms. The Morgan fingerprint density at radius 2 is 1.58 bits per heavy atom. The Kier molecular flexibility index (Phi) is 14.2. The van der Waals surface area contributed by atoms with E-state index < -0.39 is 5.91 Å². The van der Waals surface area contributed by atoms with Crippen LogP contribution >= 0.6 is 0 Å². The van der Waals surface area contributed by atoms with Gasteiger partial charge in [-0.3, -0.25) is 0 Å². The molecular weight excluding hydrogens is 693 g/mol. The minimum absolute atomic E-state index is 0.0691. The summed E-state index contributed by atoms with van der Waals surface area (Å²) in [7, 11) is 4.51. The predicted molar refractivity (Wildman–Crippen MR) is 142 cm³/mol. The first-order valence-electron chi connectivity index (χ1n) is 12.3. The molecule has 0 fully saturated rings. The first kappa shape index (κ1) is 34.3. The zero-order valence-corrected chi connectivity index (χ0v) is 28.4. The molecule has 0 aliphatic heterocycles. The van der Waals surface area contributed by atoms with E-state index in [-0.39, 0.29) is 28.2 Å². The summed E-state index contributed by atoms with van der Waals surface area (Å²) >= 11 is 3.43. The number of benzene rings is 1. The molecule has 7 nitrogen and oxygen atoms in total. The van der Waals surface area contributed by atoms with Crippen LogP contribution in [0.15, 0.2) is 34.4 Å². The quantitative estimate of drug-likeness (QED) is 0.269. The van der Waals surface area contributed by atoms with Crippen LogP contribution in [-0.2, 0) is 61.4 Å². The van der Waals surface area contributed by atoms with Gasteiger partial charge < -0.3 is 0 Å². The Balaban J connectivity index is 0.00000110. The number of amides is 1. The molecule has 3 rings (SSSR count). The normalized spacial score (nSPS) is 14.9. The van der Waals surface area contributed by atoms with Crippen molar-refractivity contribution < 1.29 is 64.5 Å². The number of hydrogen-bond acceptors (Lipinski definition) is 6. The van der Waals surface area contributed by atoms with Crippen LogP contribution in [0.4, 0.5) is 0 Å². The van der Waals surface area contributed by atoms with Crippen LogP contribution in [-0.4, -0.2) is 36.2 Å². The van der Waals surface area contributed by atoms with Crippen LogP contribution in [0.25, 0.3) is 0 Å². The van der Waals surface area contributed by atoms with Gasteiger partial charge in [0.1, 0.15) is 0 Å². The summed E-state index contributed by atoms with van der Waals surface area (Å²) in [6.07, 6.45) is 4.83. The fourth-order valence-corrected chi connectivity index (χ4v) is 4.08. The summed E-state index contributed by atoms with van der Waals surface area (Å²) in [5.74, 6) is 0.606. The van der Waals surface area contributed by atoms with E-state index in [0.717, 1.165) is 24.2 Å². The standard InChI is InChI=1S/C25H30NO5.C2H3O.C2H6.V.W/c1-16-12-18-19(25(4,5)11-10-24(18,2)3)13-21(16)31-22-9-8-20(30-22)23(27)26-17(14-28-6)15-29-7;1-3-2;1-2;;/h8-9,12-13H,10-11H2,1-7H3,(H,26,27);1H3;1-2H3;;/q2*-1;;;. The van der Waals surface area contributed by atoms with Gasteiger partial charge >= 0.3 is 189 Å². The second-order valence-electron chi connectivity index (χ2n) is 9.58. The molecule has 1 heterocycles. The van der Waals surface area contributed by atoms with Gasteiger partial charge in [0.15, 0.2) is 0 Å². The maximum atomic E-state index is 12.6. The van der Waals surface area contributed by atoms with Gasteiger partial charge in [-0.2, -0.15) is 0 Å². The predicted octanol–water partition coefficient (Wildman–Crippen LogP) is 5.92. The van der Waals surface area contributed by atoms with E-state index in [1.165, 1.54) is 44.7 Å². The number of aryl methyl sites for hydroxylation is 1. The minimum atomic E-state index is -0.468. The van der Waals surface area contributed by atoms with E-state index in [0.29, 0.717) is 4.41 Å². The van der Waals surface area contributed by atoms with Crippen LogP contribution in [0, 0.1) is 13.2 Å². The molecule has 0 radical (unpaired) electrons. The molecule has 209 valence electrons. The summed E-state index contributed by atoms with van der Waals surface area (Å²) in [6, 6.07) is 7.54. The van der Waals surface area contributed by atoms with E-state index in [9.17, 15) is 4.79 Å². The average molecular weight is 732 g/mol. The molecule has 0 atom stereocenters. The fourth-order valence-electron chi connectivity index (χ4n) is 3.92. The molecule has 9 heteroatoms. The summed E-state index contributed by atoms with van der Waals surface area (Å²) in [4.78, 5) is 12.6. The third-order valence-electron chi connectivity index (χ3n) is 6.10. The Hall–Kier alpha value is -1.76. The van der Waals surface area contributed by atoms with Gasteiger partial charge in [-0.1, -0.05) is 41.5 Å². The van der Waals surface area contributed by atoms with E-state index in [1.54, 1.807) is 19.2 Å². The summed E-state index contributed by atoms with van der Waals surface area (Å²) in [6.45, 7) is 15.2. The third-order valence-corrected chi connectivity index (χ3v) is 7.33. The number of carbonyl (C=O) groups is 1. The summed E-state index contributed by atoms with van der Waals surface area (Å²) < 4.78 is 28.9. The molecule has 0 saturated carbocycles. The molecule has 0 unspecified atom stereocenters. The molecule has 1 aliphatic carbocycles. The van der Waals surface area contributed by atoms with E-state index >= 15 is 0 Å². The van der Waals surface area contributed by atoms with Crippen LogP contribution < -0.4 is 10.1 Å². The zero-order chi connectivity index (χ0) is 29.1. The molecule has 1 amide bonds. The van der Waals surface area contributed by atoms with Crippen LogP contribution in [0.1, 0.15) is 81.6 Å². The number of fused-ring (bicyclic) bond motifs is 1. The first-order chi connectivity index (χ1) is 17.9. The van der Waals surface area contributed by atoms with Crippen molar-refractivity contribution in [3.63, 3.8) is 0 Å². The molecule has 2 aromatic rings. The van der Waals surface area contributed by atoms with Crippen molar-refractivity contribution >= 4 is 14.9 Å². The number of hydrogen-bond donors (Lipinski definition) is 1. The monoisotopic (exact) mass is 732 g/mol. The molecule has 1 N–H and O–H groups in total. The van der Waals surface area contributed by atoms with Gasteiger partial charge in [0, 0.05) is 0 Å². The first-order valence-corrected chi connectivity index (χ1v) is 14.5. The van der Waals surface area contributed by atoms with Crippen molar-refractivity contribution in [3.05, 3.63) is 58.7 Å². The zero-order valence-electron chi connectivity index (χ0n) is 24.0. The Morgan fingerprint density at radius 1 is 1.03 bits per heavy atom. The average Bonchev–Trinajstić information content (AvgIpc) is 3.37. The fraction of sp³-hybridized carbons (Fsp3) is 0.483. The van der Waals surface area contributed by atoms with Crippen molar-refractivity contribution in [3.8, 4) is 11.7 Å². The summed E-state index contributed by atoms with van der Waals surface area (Å²) in [5.41, 5.74) is 4.15. The van der Waals surface area contributed by atoms with Gasteiger partial charge in [-0.25, -0.2) is 0 Å². The SMILES string of the molecule is CC.CO[C-]=C(NC(=O)c1ccc(Oc2cc3c(cc2C)C(C)(C)CCC3(C)C)o1)[C](=[V])OC.CO[C-]=[W]. The molecule has 1 aliphatic rings. The van der Waals surface area contributed by atoms with Crippen molar-refractivity contribution in [1.82, 2.24) is 5.32 Å². The maximum absolute atomic E-state index is 12.6. The van der Waals surface area contributed by atoms with Crippen molar-refractivity contribution in [2.45, 2.75) is 72.1 Å². The number of ether oxygens (including phenoxy) is 4. The number of nitrogens with one attached hydrogen (secondary N) is 1. The van der Waals surface area contributed by atoms with Crippen molar-refractivity contribution in [2.75, 3.05) is 21.3 Å². The van der Waals surface area contributed by atoms with E-state index in [4.69, 9.17) is 18.6 Å². The van der Waals surface area contributed by atoms with Gasteiger partial charge in [0.25, 0.3) is 0 Å². The second kappa shape index (κ2) is 15.7. The Bertz CT molecular complexity index is 1140. The summed E-state index contributed by atoms with van der Waals surface area (Å²) in [5, 5.41) is 2.65. The van der Waals surface area contributed by atoms with Crippen molar-refractivity contribution in [1.29, 1.82) is 0 Å². The van der Waals surface area contributed by atoms with Crippen molar-refractivity contribution in [2.24, 2.45) is 0 Å². The molecule has 1 aromatic heterocycles. The molecule has 38 heavy (non-hydrogen) atoms. The van der Waals surface area contributed by atoms with Crippen LogP contribution in [0.2, 0.25) is 0 Å². The third kappa shape index (κ3) is 9.17. The Labute approximate surface area is 247 Å². The molecule has 1 aromatic carbocycles. The number of furan rings is 1. The van der Waals surface area contributed by atoms with Crippen LogP contribution in [0.5, 0.6) is 11.7 Å².